The Labute approximate surface area is 146 Å². The maximum atomic E-state index is 13.4. The average molecular weight is 347 g/mol. The number of imidazole rings is 1. The molecule has 0 bridgehead atoms. The first-order valence-corrected chi connectivity index (χ1v) is 8.78. The normalized spacial score (nSPS) is 16.9. The molecule has 4 nitrogen and oxygen atoms in total. The molecule has 1 aromatic heterocycles. The van der Waals surface area contributed by atoms with Crippen LogP contribution in [0.4, 0.5) is 8.78 Å². The number of hydrogen-bond donors (Lipinski definition) is 1. The van der Waals surface area contributed by atoms with E-state index in [1.54, 1.807) is 6.20 Å². The zero-order valence-electron chi connectivity index (χ0n) is 14.6. The Morgan fingerprint density at radius 2 is 2.04 bits per heavy atom. The number of nitrogens with zero attached hydrogens (tertiary/aromatic N) is 2. The van der Waals surface area contributed by atoms with Gasteiger partial charge in [-0.1, -0.05) is 13.8 Å². The van der Waals surface area contributed by atoms with Crippen molar-refractivity contribution in [2.75, 3.05) is 13.1 Å². The minimum atomic E-state index is -0.870. The summed E-state index contributed by atoms with van der Waals surface area (Å²) < 4.78 is 26.5. The Kier molecular flexibility index (Phi) is 5.16. The summed E-state index contributed by atoms with van der Waals surface area (Å²) in [5.41, 5.74) is 1.24. The molecule has 2 heterocycles. The second-order valence-electron chi connectivity index (χ2n) is 6.72. The van der Waals surface area contributed by atoms with Gasteiger partial charge in [0.25, 0.3) is 0 Å². The van der Waals surface area contributed by atoms with Crippen LogP contribution in [0.5, 0.6) is 0 Å². The van der Waals surface area contributed by atoms with E-state index < -0.39 is 11.6 Å². The van der Waals surface area contributed by atoms with Crippen LogP contribution in [0, 0.1) is 17.6 Å². The van der Waals surface area contributed by atoms with Gasteiger partial charge in [-0.05, 0) is 37.5 Å². The highest BCUT2D eigenvalue weighted by atomic mass is 19.2. The third kappa shape index (κ3) is 3.72. The Hall–Kier alpha value is -2.24. The molecule has 1 amide bonds. The molecule has 1 N–H and O–H groups in total. The molecule has 25 heavy (non-hydrogen) atoms. The molecule has 1 atom stereocenters. The highest BCUT2D eigenvalue weighted by Gasteiger charge is 2.27. The molecule has 1 aliphatic rings. The molecule has 1 aromatic carbocycles. The molecule has 0 radical (unpaired) electrons. The quantitative estimate of drug-likeness (QED) is 0.905. The number of halogens is 2. The number of aromatic nitrogens is 2. The summed E-state index contributed by atoms with van der Waals surface area (Å²) in [7, 11) is 0. The molecule has 6 heteroatoms. The van der Waals surface area contributed by atoms with Crippen LogP contribution in [0.2, 0.25) is 0 Å². The van der Waals surface area contributed by atoms with E-state index in [0.717, 1.165) is 44.2 Å². The molecule has 0 saturated carbocycles. The van der Waals surface area contributed by atoms with Crippen LogP contribution in [-0.2, 0) is 4.79 Å². The molecule has 1 fully saturated rings. The lowest BCUT2D eigenvalue weighted by atomic mass is 9.95. The van der Waals surface area contributed by atoms with Gasteiger partial charge < -0.3 is 9.88 Å². The molecule has 0 unspecified atom stereocenters. The van der Waals surface area contributed by atoms with Crippen molar-refractivity contribution in [2.45, 2.75) is 39.0 Å². The highest BCUT2D eigenvalue weighted by molar-refractivity contribution is 5.78. The van der Waals surface area contributed by atoms with Gasteiger partial charge in [0.2, 0.25) is 5.91 Å². The summed E-state index contributed by atoms with van der Waals surface area (Å²) in [6.07, 6.45) is 4.22. The van der Waals surface area contributed by atoms with Gasteiger partial charge in [0.05, 0.1) is 11.9 Å². The molecule has 0 spiro atoms. The van der Waals surface area contributed by atoms with Gasteiger partial charge >= 0.3 is 0 Å². The number of piperidine rings is 1. The third-order valence-electron chi connectivity index (χ3n) is 5.05. The second-order valence-corrected chi connectivity index (χ2v) is 6.72. The average Bonchev–Trinajstić information content (AvgIpc) is 3.13. The highest BCUT2D eigenvalue weighted by Crippen LogP contribution is 2.29. The van der Waals surface area contributed by atoms with Crippen LogP contribution in [-0.4, -0.2) is 33.9 Å². The smallest absolute Gasteiger partial charge is 0.225 e. The summed E-state index contributed by atoms with van der Waals surface area (Å²) in [5.74, 6) is -0.342. The van der Waals surface area contributed by atoms with Gasteiger partial charge in [0.15, 0.2) is 11.6 Å². The number of likely N-dealkylation sites (tertiary alicyclic amines) is 1. The van der Waals surface area contributed by atoms with Gasteiger partial charge in [-0.3, -0.25) is 4.79 Å². The molecule has 1 saturated heterocycles. The number of aromatic amines is 1. The number of rotatable bonds is 4. The van der Waals surface area contributed by atoms with E-state index in [0.29, 0.717) is 11.3 Å². The van der Waals surface area contributed by atoms with Gasteiger partial charge in [0.1, 0.15) is 5.82 Å². The lowest BCUT2D eigenvalue weighted by molar-refractivity contribution is -0.136. The van der Waals surface area contributed by atoms with Gasteiger partial charge in [0, 0.05) is 30.5 Å². The van der Waals surface area contributed by atoms with Gasteiger partial charge in [-0.15, -0.1) is 0 Å². The van der Waals surface area contributed by atoms with Crippen molar-refractivity contribution >= 4 is 5.91 Å². The predicted molar refractivity (Wildman–Crippen MR) is 91.9 cm³/mol. The summed E-state index contributed by atoms with van der Waals surface area (Å²) in [5, 5.41) is 0. The second kappa shape index (κ2) is 7.33. The first-order valence-electron chi connectivity index (χ1n) is 8.78. The lowest BCUT2D eigenvalue weighted by Gasteiger charge is -2.32. The molecule has 134 valence electrons. The van der Waals surface area contributed by atoms with Crippen LogP contribution in [0.25, 0.3) is 11.3 Å². The Morgan fingerprint density at radius 1 is 1.32 bits per heavy atom. The zero-order chi connectivity index (χ0) is 18.0. The third-order valence-corrected chi connectivity index (χ3v) is 5.05. The summed E-state index contributed by atoms with van der Waals surface area (Å²) in [4.78, 5) is 21.8. The van der Waals surface area contributed by atoms with E-state index >= 15 is 0 Å². The Morgan fingerprint density at radius 3 is 2.68 bits per heavy atom. The fourth-order valence-electron chi connectivity index (χ4n) is 3.21. The number of amides is 1. The standard InChI is InChI=1S/C19H23F2N3O/c1-3-12(2)19(25)24-8-6-13(7-9-24)18-22-11-17(23-18)14-4-5-15(20)16(21)10-14/h4-5,10-13H,3,6-9H2,1-2H3,(H,22,23)/t12-/m1/s1. The number of carbonyl (C=O) groups excluding carboxylic acids is 1. The van der Waals surface area contributed by atoms with Crippen molar-refractivity contribution in [3.63, 3.8) is 0 Å². The minimum absolute atomic E-state index is 0.0696. The topological polar surface area (TPSA) is 49.0 Å². The fraction of sp³-hybridized carbons (Fsp3) is 0.474. The molecule has 0 aliphatic carbocycles. The lowest BCUT2D eigenvalue weighted by Crippen LogP contribution is -2.40. The number of benzene rings is 1. The van der Waals surface area contributed by atoms with E-state index in [9.17, 15) is 13.6 Å². The Bertz CT molecular complexity index is 751. The van der Waals surface area contributed by atoms with Crippen LogP contribution in [0.1, 0.15) is 44.9 Å². The van der Waals surface area contributed by atoms with E-state index in [2.05, 4.69) is 9.97 Å². The molecule has 1 aliphatic heterocycles. The van der Waals surface area contributed by atoms with E-state index in [1.165, 1.54) is 12.1 Å². The van der Waals surface area contributed by atoms with Crippen molar-refractivity contribution in [3.8, 4) is 11.3 Å². The maximum Gasteiger partial charge on any atom is 0.225 e. The van der Waals surface area contributed by atoms with Crippen molar-refractivity contribution < 1.29 is 13.6 Å². The summed E-state index contributed by atoms with van der Waals surface area (Å²) >= 11 is 0. The van der Waals surface area contributed by atoms with Crippen molar-refractivity contribution in [1.82, 2.24) is 14.9 Å². The molecule has 2 aromatic rings. The van der Waals surface area contributed by atoms with Gasteiger partial charge in [-0.25, -0.2) is 13.8 Å². The Balaban J connectivity index is 1.66. The minimum Gasteiger partial charge on any atom is -0.342 e. The molecular weight excluding hydrogens is 324 g/mol. The summed E-state index contributed by atoms with van der Waals surface area (Å²) in [6.45, 7) is 5.46. The van der Waals surface area contributed by atoms with Crippen LogP contribution in [0.3, 0.4) is 0 Å². The van der Waals surface area contributed by atoms with E-state index in [1.807, 2.05) is 18.7 Å². The van der Waals surface area contributed by atoms with Crippen LogP contribution < -0.4 is 0 Å². The van der Waals surface area contributed by atoms with E-state index in [-0.39, 0.29) is 17.7 Å². The number of H-pyrrole nitrogens is 1. The first-order chi connectivity index (χ1) is 12.0. The SMILES string of the molecule is CC[C@@H](C)C(=O)N1CCC(c2ncc(-c3ccc(F)c(F)c3)[nH]2)CC1. The zero-order valence-corrected chi connectivity index (χ0v) is 14.6. The number of carbonyl (C=O) groups is 1. The maximum absolute atomic E-state index is 13.4. The largest absolute Gasteiger partial charge is 0.342 e. The monoisotopic (exact) mass is 347 g/mol. The first kappa shape index (κ1) is 17.6. The van der Waals surface area contributed by atoms with E-state index in [4.69, 9.17) is 0 Å². The van der Waals surface area contributed by atoms with Crippen molar-refractivity contribution in [3.05, 3.63) is 41.9 Å². The van der Waals surface area contributed by atoms with Gasteiger partial charge in [-0.2, -0.15) is 0 Å². The van der Waals surface area contributed by atoms with Crippen molar-refractivity contribution in [1.29, 1.82) is 0 Å². The fourth-order valence-corrected chi connectivity index (χ4v) is 3.21. The van der Waals surface area contributed by atoms with Crippen LogP contribution in [0.15, 0.2) is 24.4 Å². The number of hydrogen-bond acceptors (Lipinski definition) is 2. The molecular formula is C19H23F2N3O. The van der Waals surface area contributed by atoms with Crippen LogP contribution >= 0.6 is 0 Å². The molecule has 3 rings (SSSR count). The summed E-state index contributed by atoms with van der Waals surface area (Å²) in [6, 6.07) is 3.81. The predicted octanol–water partition coefficient (Wildman–Crippen LogP) is 4.11. The number of nitrogens with one attached hydrogen (secondary N) is 1. The van der Waals surface area contributed by atoms with Crippen molar-refractivity contribution in [2.24, 2.45) is 5.92 Å².